The third-order valence-electron chi connectivity index (χ3n) is 4.73. The molecule has 5 rings (SSSR count). The zero-order chi connectivity index (χ0) is 16.6. The third-order valence-corrected chi connectivity index (χ3v) is 4.73. The number of piperidine rings is 1. The van der Waals surface area contributed by atoms with Crippen LogP contribution in [0.25, 0.3) is 27.8 Å². The number of para-hydroxylation sites is 1. The van der Waals surface area contributed by atoms with Crippen molar-refractivity contribution in [2.75, 3.05) is 18.4 Å². The van der Waals surface area contributed by atoms with Crippen LogP contribution in [0.3, 0.4) is 0 Å². The Morgan fingerprint density at radius 2 is 2.20 bits per heavy atom. The lowest BCUT2D eigenvalue weighted by Crippen LogP contribution is -2.39. The molecule has 7 nitrogen and oxygen atoms in total. The van der Waals surface area contributed by atoms with Crippen LogP contribution in [0.15, 0.2) is 42.9 Å². The predicted molar refractivity (Wildman–Crippen MR) is 97.6 cm³/mol. The van der Waals surface area contributed by atoms with E-state index >= 15 is 0 Å². The second kappa shape index (κ2) is 5.86. The fraction of sp³-hybridized carbons (Fsp3) is 0.278. The average molecular weight is 333 g/mol. The van der Waals surface area contributed by atoms with E-state index in [1.807, 2.05) is 24.5 Å². The summed E-state index contributed by atoms with van der Waals surface area (Å²) >= 11 is 0. The number of nitrogens with zero attached hydrogens (tertiary/aromatic N) is 4. The largest absolute Gasteiger partial charge is 0.360 e. The standard InChI is InChI=1S/C18H19N7/c1-2-6-15-13(5-1)14(11-21-15)16-17-20-8-9-25(17)24-18(23-16)22-12-4-3-7-19-10-12/h1-2,5-6,8-9,11-12,19,21H,3-4,7,10H2,(H,22,24). The predicted octanol–water partition coefficient (Wildman–Crippen LogP) is 2.44. The first-order valence-corrected chi connectivity index (χ1v) is 8.63. The van der Waals surface area contributed by atoms with Crippen molar-refractivity contribution in [3.8, 4) is 11.3 Å². The van der Waals surface area contributed by atoms with Gasteiger partial charge in [-0.25, -0.2) is 14.5 Å². The molecular weight excluding hydrogens is 314 g/mol. The number of fused-ring (bicyclic) bond motifs is 2. The van der Waals surface area contributed by atoms with Crippen molar-refractivity contribution in [2.24, 2.45) is 0 Å². The molecule has 7 heteroatoms. The number of aromatic amines is 1. The van der Waals surface area contributed by atoms with Crippen LogP contribution in [0.5, 0.6) is 0 Å². The molecule has 4 heterocycles. The maximum atomic E-state index is 4.81. The maximum Gasteiger partial charge on any atom is 0.241 e. The van der Waals surface area contributed by atoms with Gasteiger partial charge in [0.2, 0.25) is 5.95 Å². The highest BCUT2D eigenvalue weighted by Gasteiger charge is 2.18. The SMILES string of the molecule is c1ccc2c(-c3nc(NC4CCCNC4)nn4ccnc34)c[nH]c2c1. The topological polar surface area (TPSA) is 82.9 Å². The van der Waals surface area contributed by atoms with E-state index in [1.54, 1.807) is 10.7 Å². The van der Waals surface area contributed by atoms with Gasteiger partial charge in [-0.2, -0.15) is 0 Å². The normalized spacial score (nSPS) is 18.0. The molecule has 1 unspecified atom stereocenters. The minimum atomic E-state index is 0.352. The number of nitrogens with one attached hydrogen (secondary N) is 3. The van der Waals surface area contributed by atoms with Crippen molar-refractivity contribution in [1.82, 2.24) is 29.9 Å². The van der Waals surface area contributed by atoms with Gasteiger partial charge in [0.1, 0.15) is 5.69 Å². The lowest BCUT2D eigenvalue weighted by Gasteiger charge is -2.23. The molecule has 25 heavy (non-hydrogen) atoms. The van der Waals surface area contributed by atoms with E-state index in [9.17, 15) is 0 Å². The van der Waals surface area contributed by atoms with Gasteiger partial charge >= 0.3 is 0 Å². The molecule has 4 aromatic rings. The van der Waals surface area contributed by atoms with Gasteiger partial charge < -0.3 is 15.6 Å². The number of rotatable bonds is 3. The zero-order valence-corrected chi connectivity index (χ0v) is 13.7. The average Bonchev–Trinajstić information content (AvgIpc) is 3.29. The second-order valence-electron chi connectivity index (χ2n) is 6.41. The quantitative estimate of drug-likeness (QED) is 0.536. The van der Waals surface area contributed by atoms with E-state index in [0.29, 0.717) is 12.0 Å². The van der Waals surface area contributed by atoms with Crippen molar-refractivity contribution >= 4 is 22.5 Å². The Morgan fingerprint density at radius 1 is 1.24 bits per heavy atom. The summed E-state index contributed by atoms with van der Waals surface area (Å²) < 4.78 is 1.79. The van der Waals surface area contributed by atoms with Crippen LogP contribution < -0.4 is 10.6 Å². The number of imidazole rings is 1. The van der Waals surface area contributed by atoms with Crippen molar-refractivity contribution in [1.29, 1.82) is 0 Å². The van der Waals surface area contributed by atoms with E-state index in [1.165, 1.54) is 6.42 Å². The molecule has 0 radical (unpaired) electrons. The number of anilines is 1. The highest BCUT2D eigenvalue weighted by atomic mass is 15.3. The molecule has 126 valence electrons. The molecule has 1 fully saturated rings. The van der Waals surface area contributed by atoms with Crippen LogP contribution >= 0.6 is 0 Å². The number of H-pyrrole nitrogens is 1. The first-order valence-electron chi connectivity index (χ1n) is 8.63. The molecule has 0 amide bonds. The Kier molecular flexibility index (Phi) is 3.38. The van der Waals surface area contributed by atoms with Crippen molar-refractivity contribution in [2.45, 2.75) is 18.9 Å². The van der Waals surface area contributed by atoms with Crippen molar-refractivity contribution < 1.29 is 0 Å². The lowest BCUT2D eigenvalue weighted by molar-refractivity contribution is 0.477. The summed E-state index contributed by atoms with van der Waals surface area (Å²) in [6.45, 7) is 2.02. The van der Waals surface area contributed by atoms with Crippen LogP contribution in [-0.2, 0) is 0 Å². The first kappa shape index (κ1) is 14.4. The van der Waals surface area contributed by atoms with Crippen LogP contribution in [0.4, 0.5) is 5.95 Å². The summed E-state index contributed by atoms with van der Waals surface area (Å²) in [6.07, 6.45) is 7.91. The van der Waals surface area contributed by atoms with Gasteiger partial charge in [-0.05, 0) is 25.5 Å². The van der Waals surface area contributed by atoms with Gasteiger partial charge in [-0.1, -0.05) is 18.2 Å². The summed E-state index contributed by atoms with van der Waals surface area (Å²) in [5.74, 6) is 0.638. The van der Waals surface area contributed by atoms with Crippen LogP contribution in [0.1, 0.15) is 12.8 Å². The van der Waals surface area contributed by atoms with E-state index in [0.717, 1.165) is 47.3 Å². The Hall–Kier alpha value is -2.93. The van der Waals surface area contributed by atoms with E-state index in [-0.39, 0.29) is 0 Å². The summed E-state index contributed by atoms with van der Waals surface area (Å²) in [6, 6.07) is 8.58. The van der Waals surface area contributed by atoms with Crippen LogP contribution in [-0.4, -0.2) is 43.7 Å². The maximum absolute atomic E-state index is 4.81. The molecular formula is C18H19N7. The summed E-state index contributed by atoms with van der Waals surface area (Å²) in [5, 5.41) is 12.6. The Balaban J connectivity index is 1.62. The van der Waals surface area contributed by atoms with Gasteiger partial charge in [-0.3, -0.25) is 0 Å². The molecule has 1 aliphatic rings. The highest BCUT2D eigenvalue weighted by Crippen LogP contribution is 2.30. The number of hydrogen-bond donors (Lipinski definition) is 3. The van der Waals surface area contributed by atoms with Crippen LogP contribution in [0, 0.1) is 0 Å². The highest BCUT2D eigenvalue weighted by molar-refractivity contribution is 5.97. The lowest BCUT2D eigenvalue weighted by atomic mass is 10.1. The number of benzene rings is 1. The van der Waals surface area contributed by atoms with Crippen LogP contribution in [0.2, 0.25) is 0 Å². The van der Waals surface area contributed by atoms with Crippen molar-refractivity contribution in [3.63, 3.8) is 0 Å². The van der Waals surface area contributed by atoms with Gasteiger partial charge in [0.25, 0.3) is 0 Å². The molecule has 1 atom stereocenters. The summed E-state index contributed by atoms with van der Waals surface area (Å²) in [7, 11) is 0. The molecule has 0 spiro atoms. The van der Waals surface area contributed by atoms with Gasteiger partial charge in [-0.15, -0.1) is 5.10 Å². The fourth-order valence-corrected chi connectivity index (χ4v) is 3.49. The Morgan fingerprint density at radius 3 is 3.12 bits per heavy atom. The Labute approximate surface area is 144 Å². The summed E-state index contributed by atoms with van der Waals surface area (Å²) in [5.41, 5.74) is 3.73. The van der Waals surface area contributed by atoms with E-state index < -0.39 is 0 Å². The van der Waals surface area contributed by atoms with Gasteiger partial charge in [0, 0.05) is 47.6 Å². The minimum Gasteiger partial charge on any atom is -0.360 e. The molecule has 1 aliphatic heterocycles. The molecule has 1 aromatic carbocycles. The molecule has 0 bridgehead atoms. The van der Waals surface area contributed by atoms with E-state index in [4.69, 9.17) is 4.98 Å². The summed E-state index contributed by atoms with van der Waals surface area (Å²) in [4.78, 5) is 12.6. The fourth-order valence-electron chi connectivity index (χ4n) is 3.49. The molecule has 3 N–H and O–H groups in total. The molecule has 0 aliphatic carbocycles. The number of aromatic nitrogens is 5. The van der Waals surface area contributed by atoms with E-state index in [2.05, 4.69) is 37.8 Å². The van der Waals surface area contributed by atoms with Gasteiger partial charge in [0.15, 0.2) is 5.65 Å². The number of hydrogen-bond acceptors (Lipinski definition) is 5. The van der Waals surface area contributed by atoms with Crippen molar-refractivity contribution in [3.05, 3.63) is 42.9 Å². The Bertz CT molecular complexity index is 1030. The molecule has 1 saturated heterocycles. The molecule has 3 aromatic heterocycles. The molecule has 0 saturated carbocycles. The smallest absolute Gasteiger partial charge is 0.241 e. The monoisotopic (exact) mass is 333 g/mol. The van der Waals surface area contributed by atoms with Gasteiger partial charge in [0.05, 0.1) is 0 Å². The zero-order valence-electron chi connectivity index (χ0n) is 13.7. The minimum absolute atomic E-state index is 0.352. The third kappa shape index (κ3) is 2.53. The second-order valence-corrected chi connectivity index (χ2v) is 6.41. The first-order chi connectivity index (χ1) is 12.4.